The number of hydrogen-bond acceptors (Lipinski definition) is 7. The lowest BCUT2D eigenvalue weighted by Gasteiger charge is -2.16. The molecular weight excluding hydrogens is 364 g/mol. The van der Waals surface area contributed by atoms with Gasteiger partial charge < -0.3 is 18.9 Å². The summed E-state index contributed by atoms with van der Waals surface area (Å²) >= 11 is 0. The van der Waals surface area contributed by atoms with E-state index in [-0.39, 0.29) is 38.0 Å². The van der Waals surface area contributed by atoms with Crippen LogP contribution in [0.15, 0.2) is 29.8 Å². The Balaban J connectivity index is 2.70. The number of carbonyl (C=O) groups excluding carboxylic acids is 3. The molecule has 0 saturated heterocycles. The van der Waals surface area contributed by atoms with Crippen molar-refractivity contribution >= 4 is 24.0 Å². The summed E-state index contributed by atoms with van der Waals surface area (Å²) in [6.45, 7) is 9.33. The van der Waals surface area contributed by atoms with Gasteiger partial charge in [-0.3, -0.25) is 4.79 Å². The van der Waals surface area contributed by atoms with Crippen LogP contribution in [0, 0.1) is 5.41 Å². The van der Waals surface area contributed by atoms with E-state index in [0.717, 1.165) is 0 Å². The highest BCUT2D eigenvalue weighted by Gasteiger charge is 2.23. The first kappa shape index (κ1) is 23.2. The fourth-order valence-corrected chi connectivity index (χ4v) is 1.96. The largest absolute Gasteiger partial charge is 0.490 e. The molecule has 7 heteroatoms. The summed E-state index contributed by atoms with van der Waals surface area (Å²) in [5.74, 6) is -1.19. The second kappa shape index (κ2) is 11.1. The Morgan fingerprint density at radius 2 is 1.39 bits per heavy atom. The van der Waals surface area contributed by atoms with Crippen molar-refractivity contribution in [2.24, 2.45) is 5.41 Å². The number of benzene rings is 1. The smallest absolute Gasteiger partial charge is 0.345 e. The molecule has 0 atom stereocenters. The molecule has 1 aromatic carbocycles. The van der Waals surface area contributed by atoms with E-state index in [1.807, 2.05) is 0 Å². The molecule has 0 radical (unpaired) electrons. The van der Waals surface area contributed by atoms with E-state index in [1.165, 1.54) is 6.08 Å². The van der Waals surface area contributed by atoms with Crippen molar-refractivity contribution in [2.75, 3.05) is 26.4 Å². The van der Waals surface area contributed by atoms with E-state index in [4.69, 9.17) is 18.9 Å². The van der Waals surface area contributed by atoms with E-state index in [1.54, 1.807) is 58.9 Å². The average Bonchev–Trinajstić information content (AvgIpc) is 2.63. The van der Waals surface area contributed by atoms with Crippen molar-refractivity contribution in [1.29, 1.82) is 0 Å². The minimum absolute atomic E-state index is 0.146. The predicted molar refractivity (Wildman–Crippen MR) is 104 cm³/mol. The van der Waals surface area contributed by atoms with Gasteiger partial charge in [0.05, 0.1) is 18.6 Å². The van der Waals surface area contributed by atoms with E-state index in [9.17, 15) is 14.4 Å². The molecule has 0 unspecified atom stereocenters. The van der Waals surface area contributed by atoms with Crippen molar-refractivity contribution in [2.45, 2.75) is 34.6 Å². The number of carbonyl (C=O) groups is 3. The summed E-state index contributed by atoms with van der Waals surface area (Å²) in [4.78, 5) is 35.6. The zero-order valence-corrected chi connectivity index (χ0v) is 17.1. The van der Waals surface area contributed by atoms with Gasteiger partial charge in [-0.1, -0.05) is 12.1 Å². The van der Waals surface area contributed by atoms with Gasteiger partial charge in [-0.25, -0.2) is 9.59 Å². The van der Waals surface area contributed by atoms with Gasteiger partial charge in [0.2, 0.25) is 0 Å². The van der Waals surface area contributed by atoms with Crippen molar-refractivity contribution in [1.82, 2.24) is 0 Å². The molecule has 0 bridgehead atoms. The van der Waals surface area contributed by atoms with Crippen LogP contribution in [0.3, 0.4) is 0 Å². The van der Waals surface area contributed by atoms with Crippen molar-refractivity contribution < 1.29 is 33.3 Å². The highest BCUT2D eigenvalue weighted by molar-refractivity contribution is 6.17. The van der Waals surface area contributed by atoms with Gasteiger partial charge in [-0.05, 0) is 58.4 Å². The zero-order chi connectivity index (χ0) is 21.2. The molecule has 0 aliphatic carbocycles. The molecule has 0 spiro atoms. The molecule has 0 aliphatic heterocycles. The Bertz CT molecular complexity index is 676. The molecule has 0 fully saturated rings. The normalized spacial score (nSPS) is 10.6. The first-order valence-electron chi connectivity index (χ1n) is 9.15. The summed E-state index contributed by atoms with van der Waals surface area (Å²) in [6.07, 6.45) is 1.41. The average molecular weight is 392 g/mol. The van der Waals surface area contributed by atoms with Crippen LogP contribution in [-0.2, 0) is 28.6 Å². The van der Waals surface area contributed by atoms with Gasteiger partial charge in [-0.2, -0.15) is 0 Å². The van der Waals surface area contributed by atoms with Gasteiger partial charge in [0, 0.05) is 0 Å². The second-order valence-corrected chi connectivity index (χ2v) is 6.80. The highest BCUT2D eigenvalue weighted by atomic mass is 16.6. The molecule has 1 rings (SSSR count). The zero-order valence-electron chi connectivity index (χ0n) is 17.1. The van der Waals surface area contributed by atoms with Crippen molar-refractivity contribution in [3.8, 4) is 5.75 Å². The van der Waals surface area contributed by atoms with E-state index in [2.05, 4.69) is 0 Å². The lowest BCUT2D eigenvalue weighted by molar-refractivity contribution is -0.153. The third-order valence-corrected chi connectivity index (χ3v) is 3.38. The summed E-state index contributed by atoms with van der Waals surface area (Å²) in [6, 6.07) is 6.75. The van der Waals surface area contributed by atoms with Gasteiger partial charge in [-0.15, -0.1) is 0 Å². The SMILES string of the molecule is CCOC(=O)C(=Cc1ccc(OCCOC(=O)C(C)(C)C)cc1)C(=O)OCC. The quantitative estimate of drug-likeness (QED) is 0.159. The van der Waals surface area contributed by atoms with E-state index in [0.29, 0.717) is 11.3 Å². The Hall–Kier alpha value is -2.83. The van der Waals surface area contributed by atoms with Gasteiger partial charge in [0.25, 0.3) is 0 Å². The second-order valence-electron chi connectivity index (χ2n) is 6.80. The molecule has 0 N–H and O–H groups in total. The van der Waals surface area contributed by atoms with Crippen LogP contribution in [0.5, 0.6) is 5.75 Å². The van der Waals surface area contributed by atoms with Crippen LogP contribution in [0.2, 0.25) is 0 Å². The fraction of sp³-hybridized carbons (Fsp3) is 0.476. The van der Waals surface area contributed by atoms with Crippen LogP contribution in [-0.4, -0.2) is 44.3 Å². The van der Waals surface area contributed by atoms with Crippen molar-refractivity contribution in [3.05, 3.63) is 35.4 Å². The van der Waals surface area contributed by atoms with Crippen LogP contribution in [0.25, 0.3) is 6.08 Å². The van der Waals surface area contributed by atoms with Gasteiger partial charge >= 0.3 is 17.9 Å². The standard InChI is InChI=1S/C21H28O7/c1-6-25-18(22)17(19(23)26-7-2)14-15-8-10-16(11-9-15)27-12-13-28-20(24)21(3,4)5/h8-11,14H,6-7,12-13H2,1-5H3. The number of esters is 3. The topological polar surface area (TPSA) is 88.1 Å². The molecule has 0 heterocycles. The molecule has 0 amide bonds. The first-order valence-corrected chi connectivity index (χ1v) is 9.15. The maximum absolute atomic E-state index is 12.0. The summed E-state index contributed by atoms with van der Waals surface area (Å²) in [5, 5.41) is 0. The summed E-state index contributed by atoms with van der Waals surface area (Å²) in [7, 11) is 0. The van der Waals surface area contributed by atoms with E-state index >= 15 is 0 Å². The molecule has 0 aliphatic rings. The van der Waals surface area contributed by atoms with Crippen LogP contribution >= 0.6 is 0 Å². The molecule has 0 aromatic heterocycles. The Morgan fingerprint density at radius 3 is 1.86 bits per heavy atom. The summed E-state index contributed by atoms with van der Waals surface area (Å²) in [5.41, 5.74) is -0.113. The first-order chi connectivity index (χ1) is 13.2. The number of rotatable bonds is 9. The molecular formula is C21H28O7. The highest BCUT2D eigenvalue weighted by Crippen LogP contribution is 2.17. The third-order valence-electron chi connectivity index (χ3n) is 3.38. The fourth-order valence-electron chi connectivity index (χ4n) is 1.96. The van der Waals surface area contributed by atoms with Crippen LogP contribution < -0.4 is 4.74 Å². The van der Waals surface area contributed by atoms with Crippen LogP contribution in [0.4, 0.5) is 0 Å². The minimum Gasteiger partial charge on any atom is -0.490 e. The lowest BCUT2D eigenvalue weighted by Crippen LogP contribution is -2.24. The Labute approximate surface area is 165 Å². The molecule has 28 heavy (non-hydrogen) atoms. The van der Waals surface area contributed by atoms with E-state index < -0.39 is 17.4 Å². The maximum Gasteiger partial charge on any atom is 0.345 e. The minimum atomic E-state index is -0.734. The molecule has 0 saturated carbocycles. The third kappa shape index (κ3) is 7.82. The Kier molecular flexibility index (Phi) is 9.21. The lowest BCUT2D eigenvalue weighted by atomic mass is 9.97. The van der Waals surface area contributed by atoms with Gasteiger partial charge in [0.1, 0.15) is 24.5 Å². The number of ether oxygens (including phenoxy) is 4. The number of hydrogen-bond donors (Lipinski definition) is 0. The molecule has 1 aromatic rings. The molecule has 154 valence electrons. The maximum atomic E-state index is 12.0. The van der Waals surface area contributed by atoms with Crippen molar-refractivity contribution in [3.63, 3.8) is 0 Å². The monoisotopic (exact) mass is 392 g/mol. The van der Waals surface area contributed by atoms with Gasteiger partial charge in [0.15, 0.2) is 0 Å². The Morgan fingerprint density at radius 1 is 0.857 bits per heavy atom. The molecule has 7 nitrogen and oxygen atoms in total. The predicted octanol–water partition coefficient (Wildman–Crippen LogP) is 3.16. The summed E-state index contributed by atoms with van der Waals surface area (Å²) < 4.78 is 20.5. The van der Waals surface area contributed by atoms with Crippen LogP contribution in [0.1, 0.15) is 40.2 Å².